The lowest BCUT2D eigenvalue weighted by molar-refractivity contribution is -0.147. The van der Waals surface area contributed by atoms with E-state index in [1.807, 2.05) is 6.08 Å². The Kier molecular flexibility index (Phi) is 38.1. The maximum Gasteiger partial charge on any atom is 0.472 e. The number of carbonyl (C=O) groups is 1. The van der Waals surface area contributed by atoms with Gasteiger partial charge in [0.2, 0.25) is 0 Å². The summed E-state index contributed by atoms with van der Waals surface area (Å²) >= 11 is 0. The van der Waals surface area contributed by atoms with Crippen molar-refractivity contribution in [1.82, 2.24) is 0 Å². The molecular weight excluding hydrogens is 649 g/mol. The first-order valence-electron chi connectivity index (χ1n) is 20.9. The monoisotopic (exact) mass is 730 g/mol. The quantitative estimate of drug-likeness (QED) is 0.0210. The van der Waals surface area contributed by atoms with Gasteiger partial charge in [0, 0.05) is 13.0 Å². The Morgan fingerprint density at radius 1 is 0.600 bits per heavy atom. The molecule has 2 atom stereocenters. The van der Waals surface area contributed by atoms with Gasteiger partial charge in [0.05, 0.1) is 19.5 Å². The molecule has 0 aliphatic carbocycles. The third-order valence-electron chi connectivity index (χ3n) is 8.96. The van der Waals surface area contributed by atoms with E-state index in [0.717, 1.165) is 32.1 Å². The highest BCUT2D eigenvalue weighted by molar-refractivity contribution is 7.47. The van der Waals surface area contributed by atoms with Crippen LogP contribution in [0.3, 0.4) is 0 Å². The van der Waals surface area contributed by atoms with Crippen LogP contribution in [0.1, 0.15) is 200 Å². The number of unbranched alkanes of at least 4 members (excludes halogenated alkanes) is 25. The zero-order valence-corrected chi connectivity index (χ0v) is 33.5. The highest BCUT2D eigenvalue weighted by Gasteiger charge is 2.24. The molecule has 0 heterocycles. The fourth-order valence-corrected chi connectivity index (χ4v) is 6.56. The van der Waals surface area contributed by atoms with E-state index in [1.165, 1.54) is 148 Å². The standard InChI is InChI=1S/C41H80NO7P/c1-3-5-7-9-11-13-15-17-19-21-23-25-27-29-31-33-36-46-40(39-49-50(44,45)48-37-35-42)38-47-41(43)34-32-30-28-26-24-22-20-18-16-14-12-10-8-6-4-2/h14,16,33,36,40H,3-13,15,17-32,34-35,37-39,42H2,1-2H3,(H,44,45). The molecule has 3 N–H and O–H groups in total. The van der Waals surface area contributed by atoms with Crippen LogP contribution in [0.4, 0.5) is 0 Å². The van der Waals surface area contributed by atoms with E-state index in [0.29, 0.717) is 6.42 Å². The maximum atomic E-state index is 12.4. The first-order chi connectivity index (χ1) is 24.4. The third kappa shape index (κ3) is 38.1. The van der Waals surface area contributed by atoms with Crippen molar-refractivity contribution in [2.75, 3.05) is 26.4 Å². The number of ether oxygens (including phenoxy) is 2. The normalized spacial score (nSPS) is 13.7. The van der Waals surface area contributed by atoms with Gasteiger partial charge in [0.15, 0.2) is 6.10 Å². The summed E-state index contributed by atoms with van der Waals surface area (Å²) in [6, 6.07) is 0. The van der Waals surface area contributed by atoms with Crippen LogP contribution in [0.25, 0.3) is 0 Å². The van der Waals surface area contributed by atoms with E-state index in [1.54, 1.807) is 6.26 Å². The molecule has 9 heteroatoms. The van der Waals surface area contributed by atoms with E-state index in [-0.39, 0.29) is 32.3 Å². The second kappa shape index (κ2) is 39.0. The smallest absolute Gasteiger partial charge is 0.472 e. The van der Waals surface area contributed by atoms with Crippen molar-refractivity contribution in [2.24, 2.45) is 5.73 Å². The van der Waals surface area contributed by atoms with Gasteiger partial charge in [-0.1, -0.05) is 161 Å². The molecule has 0 spiro atoms. The summed E-state index contributed by atoms with van der Waals surface area (Å²) < 4.78 is 33.2. The molecule has 0 aliphatic rings. The van der Waals surface area contributed by atoms with Gasteiger partial charge in [0.25, 0.3) is 0 Å². The summed E-state index contributed by atoms with van der Waals surface area (Å²) in [4.78, 5) is 22.2. The molecule has 296 valence electrons. The average molecular weight is 730 g/mol. The van der Waals surface area contributed by atoms with Crippen LogP contribution >= 0.6 is 7.82 Å². The second-order valence-corrected chi connectivity index (χ2v) is 15.4. The van der Waals surface area contributed by atoms with Gasteiger partial charge in [-0.15, -0.1) is 0 Å². The van der Waals surface area contributed by atoms with E-state index >= 15 is 0 Å². The number of esters is 1. The van der Waals surface area contributed by atoms with Crippen molar-refractivity contribution in [3.63, 3.8) is 0 Å². The second-order valence-electron chi connectivity index (χ2n) is 13.9. The third-order valence-corrected chi connectivity index (χ3v) is 9.94. The number of nitrogens with two attached hydrogens (primary N) is 1. The molecule has 2 unspecified atom stereocenters. The fraction of sp³-hybridized carbons (Fsp3) is 0.878. The molecule has 0 saturated heterocycles. The molecule has 0 radical (unpaired) electrons. The molecule has 0 saturated carbocycles. The fourth-order valence-electron chi connectivity index (χ4n) is 5.80. The summed E-state index contributed by atoms with van der Waals surface area (Å²) in [6.07, 6.45) is 42.9. The molecule has 0 fully saturated rings. The Balaban J connectivity index is 4.08. The van der Waals surface area contributed by atoms with Gasteiger partial charge < -0.3 is 20.1 Å². The zero-order valence-electron chi connectivity index (χ0n) is 32.6. The largest absolute Gasteiger partial charge is 0.492 e. The van der Waals surface area contributed by atoms with Crippen LogP contribution < -0.4 is 5.73 Å². The Hall–Kier alpha value is -1.18. The summed E-state index contributed by atoms with van der Waals surface area (Å²) in [5.41, 5.74) is 5.36. The van der Waals surface area contributed by atoms with Crippen molar-refractivity contribution >= 4 is 13.8 Å². The average Bonchev–Trinajstić information content (AvgIpc) is 3.11. The van der Waals surface area contributed by atoms with E-state index in [2.05, 4.69) is 26.0 Å². The summed E-state index contributed by atoms with van der Waals surface area (Å²) in [6.45, 7) is 4.22. The van der Waals surface area contributed by atoms with Crippen LogP contribution in [-0.2, 0) is 27.9 Å². The minimum absolute atomic E-state index is 0.0634. The topological polar surface area (TPSA) is 117 Å². The van der Waals surface area contributed by atoms with Crippen molar-refractivity contribution < 1.29 is 32.8 Å². The molecule has 0 aromatic heterocycles. The number of carbonyl (C=O) groups excluding carboxylic acids is 1. The Morgan fingerprint density at radius 2 is 1.02 bits per heavy atom. The number of hydrogen-bond donors (Lipinski definition) is 2. The van der Waals surface area contributed by atoms with Crippen molar-refractivity contribution in [3.8, 4) is 0 Å². The SMILES string of the molecule is CCCCCCC=CCCCCCCCCCC(=O)OCC(COP(=O)(O)OCCN)OC=CCCCCCCCCCCCCCCCC. The molecule has 0 aliphatic heterocycles. The van der Waals surface area contributed by atoms with Gasteiger partial charge >= 0.3 is 13.8 Å². The molecule has 0 aromatic carbocycles. The summed E-state index contributed by atoms with van der Waals surface area (Å²) in [5.74, 6) is -0.293. The van der Waals surface area contributed by atoms with Crippen LogP contribution in [0.5, 0.6) is 0 Å². The number of phosphoric ester groups is 1. The predicted molar refractivity (Wildman–Crippen MR) is 210 cm³/mol. The molecule has 0 aromatic rings. The molecular formula is C41H80NO7P. The van der Waals surface area contributed by atoms with Crippen LogP contribution in [0.15, 0.2) is 24.5 Å². The molecule has 8 nitrogen and oxygen atoms in total. The van der Waals surface area contributed by atoms with Gasteiger partial charge in [-0.3, -0.25) is 13.8 Å². The first kappa shape index (κ1) is 48.8. The van der Waals surface area contributed by atoms with E-state index < -0.39 is 13.9 Å². The highest BCUT2D eigenvalue weighted by Crippen LogP contribution is 2.43. The summed E-state index contributed by atoms with van der Waals surface area (Å²) in [7, 11) is -4.26. The minimum Gasteiger partial charge on any atom is -0.492 e. The van der Waals surface area contributed by atoms with Crippen molar-refractivity contribution in [2.45, 2.75) is 206 Å². The minimum atomic E-state index is -4.26. The Morgan fingerprint density at radius 3 is 1.50 bits per heavy atom. The lowest BCUT2D eigenvalue weighted by Gasteiger charge is -2.19. The van der Waals surface area contributed by atoms with Crippen molar-refractivity contribution in [3.05, 3.63) is 24.5 Å². The van der Waals surface area contributed by atoms with E-state index in [4.69, 9.17) is 24.3 Å². The highest BCUT2D eigenvalue weighted by atomic mass is 31.2. The van der Waals surface area contributed by atoms with Crippen LogP contribution in [0, 0.1) is 0 Å². The first-order valence-corrected chi connectivity index (χ1v) is 22.4. The van der Waals surface area contributed by atoms with Gasteiger partial charge in [-0.2, -0.15) is 0 Å². The van der Waals surface area contributed by atoms with Gasteiger partial charge in [-0.05, 0) is 51.0 Å². The number of rotatable bonds is 40. The number of allylic oxidation sites excluding steroid dienone is 3. The molecule has 0 rings (SSSR count). The zero-order chi connectivity index (χ0) is 36.6. The van der Waals surface area contributed by atoms with Gasteiger partial charge in [0.1, 0.15) is 6.61 Å². The molecule has 0 amide bonds. The maximum absolute atomic E-state index is 12.4. The Labute approximate surface area is 308 Å². The number of hydrogen-bond acceptors (Lipinski definition) is 7. The van der Waals surface area contributed by atoms with Gasteiger partial charge in [-0.25, -0.2) is 4.57 Å². The lowest BCUT2D eigenvalue weighted by atomic mass is 10.0. The molecule has 50 heavy (non-hydrogen) atoms. The van der Waals surface area contributed by atoms with Crippen LogP contribution in [-0.4, -0.2) is 43.3 Å². The summed E-state index contributed by atoms with van der Waals surface area (Å²) in [5, 5.41) is 0. The Bertz CT molecular complexity index is 823. The number of phosphoric acid groups is 1. The lowest BCUT2D eigenvalue weighted by Crippen LogP contribution is -2.25. The predicted octanol–water partition coefficient (Wildman–Crippen LogP) is 12.4. The van der Waals surface area contributed by atoms with Crippen molar-refractivity contribution in [1.29, 1.82) is 0 Å². The van der Waals surface area contributed by atoms with Crippen LogP contribution in [0.2, 0.25) is 0 Å². The molecule has 0 bridgehead atoms. The van der Waals surface area contributed by atoms with E-state index in [9.17, 15) is 14.3 Å².